The van der Waals surface area contributed by atoms with E-state index in [-0.39, 0.29) is 0 Å². The number of aryl methyl sites for hydroxylation is 1. The van der Waals surface area contributed by atoms with Crippen molar-refractivity contribution in [1.82, 2.24) is 9.13 Å². The van der Waals surface area contributed by atoms with Gasteiger partial charge in [-0.05, 0) is 154 Å². The van der Waals surface area contributed by atoms with Crippen LogP contribution in [0.3, 0.4) is 0 Å². The predicted molar refractivity (Wildman–Crippen MR) is 325 cm³/mol. The highest BCUT2D eigenvalue weighted by molar-refractivity contribution is 6.15. The molecule has 13 rings (SSSR count). The second-order valence-corrected chi connectivity index (χ2v) is 19.9. The first-order valence-electron chi connectivity index (χ1n) is 26.1. The molecule has 0 saturated heterocycles. The second kappa shape index (κ2) is 19.8. The Labute approximate surface area is 467 Å². The van der Waals surface area contributed by atoms with E-state index in [2.05, 4.69) is 139 Å². The lowest BCUT2D eigenvalue weighted by Crippen LogP contribution is -2.05. The molecule has 0 fully saturated rings. The molecule has 13 aromatic rings. The van der Waals surface area contributed by atoms with E-state index >= 15 is 0 Å². The van der Waals surface area contributed by atoms with Crippen molar-refractivity contribution in [2.24, 2.45) is 0 Å². The zero-order valence-electron chi connectivity index (χ0n) is 43.4. The fourth-order valence-corrected chi connectivity index (χ4v) is 11.5. The number of nitriles is 3. The number of aromatic nitrogens is 2. The molecule has 0 saturated carbocycles. The highest BCUT2D eigenvalue weighted by Crippen LogP contribution is 2.48. The molecule has 0 atom stereocenters. The minimum atomic E-state index is 0.464. The number of nitrogens with zero attached hydrogens (tertiary/aromatic N) is 8. The van der Waals surface area contributed by atoms with Gasteiger partial charge in [-0.25, -0.2) is 14.5 Å². The van der Waals surface area contributed by atoms with Crippen LogP contribution in [0.5, 0.6) is 0 Å². The van der Waals surface area contributed by atoms with Crippen LogP contribution in [0.4, 0.5) is 17.1 Å². The molecular weight excluding hydrogens is 989 g/mol. The van der Waals surface area contributed by atoms with E-state index in [0.29, 0.717) is 39.3 Å². The maximum atomic E-state index is 11.5. The Bertz CT molecular complexity index is 4800. The molecule has 2 heterocycles. The maximum Gasteiger partial charge on any atom is 0.187 e. The molecule has 0 aliphatic rings. The molecule has 0 amide bonds. The van der Waals surface area contributed by atoms with Gasteiger partial charge in [-0.15, -0.1) is 0 Å². The predicted octanol–water partition coefficient (Wildman–Crippen LogP) is 19.5. The average molecular weight is 1030 g/mol. The summed E-state index contributed by atoms with van der Waals surface area (Å²) in [6, 6.07) is 81.6. The molecule has 8 heteroatoms. The van der Waals surface area contributed by atoms with Crippen LogP contribution in [-0.4, -0.2) is 9.13 Å². The van der Waals surface area contributed by atoms with Gasteiger partial charge in [0.05, 0.1) is 88.1 Å². The minimum Gasteiger partial charge on any atom is -0.309 e. The third-order valence-electron chi connectivity index (χ3n) is 15.5. The van der Waals surface area contributed by atoms with Crippen LogP contribution in [-0.2, 0) is 0 Å². The summed E-state index contributed by atoms with van der Waals surface area (Å²) in [6.07, 6.45) is 0. The van der Waals surface area contributed by atoms with Crippen LogP contribution < -0.4 is 0 Å². The molecule has 0 N–H and O–H groups in total. The molecule has 2 aromatic heterocycles. The Morgan fingerprint density at radius 3 is 1.06 bits per heavy atom. The molecule has 0 unspecified atom stereocenters. The molecule has 372 valence electrons. The molecule has 0 radical (unpaired) electrons. The third-order valence-corrected chi connectivity index (χ3v) is 15.5. The van der Waals surface area contributed by atoms with Crippen LogP contribution >= 0.6 is 0 Å². The number of rotatable bonds is 8. The molecule has 0 spiro atoms. The molecule has 0 aliphatic heterocycles. The lowest BCUT2D eigenvalue weighted by atomic mass is 9.87. The van der Waals surface area contributed by atoms with Crippen LogP contribution in [0, 0.1) is 60.6 Å². The summed E-state index contributed by atoms with van der Waals surface area (Å²) >= 11 is 0. The number of fused-ring (bicyclic) bond motifs is 6. The molecular formula is C73H40N8. The fraction of sp³-hybridized carbons (Fsp3) is 0.0137. The summed E-state index contributed by atoms with van der Waals surface area (Å²) < 4.78 is 4.58. The van der Waals surface area contributed by atoms with Gasteiger partial charge in [0.2, 0.25) is 0 Å². The van der Waals surface area contributed by atoms with E-state index in [1.807, 2.05) is 134 Å². The molecule has 11 aromatic carbocycles. The Kier molecular flexibility index (Phi) is 11.9. The van der Waals surface area contributed by atoms with Crippen molar-refractivity contribution < 1.29 is 0 Å². The van der Waals surface area contributed by atoms with Gasteiger partial charge in [0.25, 0.3) is 0 Å². The SMILES string of the molecule is [C-]#[N+]c1ccc(-c2ccc3c(c2)c2cc(-c4ccc(C#N)cc4)ccc2n3-c2cccc(C#N)c2-c2c(-c3ccc([N+]#[C-])cc3C)cccc2-n2c3ccc(-c4ccc(C#N)cc4)cc3c3cc(-c4ccc([N+]#[C-])cc4)ccc32)cc1. The first kappa shape index (κ1) is 48.6. The summed E-state index contributed by atoms with van der Waals surface area (Å²) in [5.74, 6) is 0. The van der Waals surface area contributed by atoms with Gasteiger partial charge in [-0.1, -0.05) is 139 Å². The standard InChI is InChI=1S/C73H40N8/c1-45-37-59(79-4)31-32-60(45)61-8-6-10-71(81-68-35-24-53(49-17-13-47(43-75)14-18-49)39-64(68)65-41-55(26-36-69(65)81)51-21-29-58(78-3)30-22-51)73(61)72-56(44-76)7-5-9-70(72)80-66-33-23-52(48-15-11-46(42-74)12-16-48)38-62(66)63-40-54(25-34-67(63)80)50-19-27-57(77-2)28-20-50/h5-41H,1H3. The van der Waals surface area contributed by atoms with Crippen LogP contribution in [0.1, 0.15) is 22.3 Å². The van der Waals surface area contributed by atoms with Gasteiger partial charge in [0, 0.05) is 32.7 Å². The monoisotopic (exact) mass is 1030 g/mol. The Morgan fingerprint density at radius 2 is 0.691 bits per heavy atom. The van der Waals surface area contributed by atoms with E-state index in [0.717, 1.165) is 122 Å². The first-order chi connectivity index (χ1) is 39.8. The van der Waals surface area contributed by atoms with Crippen molar-refractivity contribution in [2.45, 2.75) is 6.92 Å². The van der Waals surface area contributed by atoms with Crippen molar-refractivity contribution in [1.29, 1.82) is 15.8 Å². The van der Waals surface area contributed by atoms with E-state index < -0.39 is 0 Å². The summed E-state index contributed by atoms with van der Waals surface area (Å²) in [6.45, 7) is 25.2. The van der Waals surface area contributed by atoms with Gasteiger partial charge < -0.3 is 9.13 Å². The first-order valence-corrected chi connectivity index (χ1v) is 26.1. The largest absolute Gasteiger partial charge is 0.309 e. The van der Waals surface area contributed by atoms with Crippen molar-refractivity contribution >= 4 is 60.7 Å². The van der Waals surface area contributed by atoms with Crippen molar-refractivity contribution in [2.75, 3.05) is 0 Å². The third kappa shape index (κ3) is 8.28. The summed E-state index contributed by atoms with van der Waals surface area (Å²) in [4.78, 5) is 11.1. The topological polar surface area (TPSA) is 94.3 Å². The minimum absolute atomic E-state index is 0.464. The molecule has 81 heavy (non-hydrogen) atoms. The average Bonchev–Trinajstić information content (AvgIpc) is 4.04. The molecule has 0 aliphatic carbocycles. The van der Waals surface area contributed by atoms with Crippen LogP contribution in [0.15, 0.2) is 224 Å². The van der Waals surface area contributed by atoms with E-state index in [9.17, 15) is 15.8 Å². The smallest absolute Gasteiger partial charge is 0.187 e. The summed E-state index contributed by atoms with van der Waals surface area (Å²) in [7, 11) is 0. The Hall–Kier alpha value is -12.0. The summed E-state index contributed by atoms with van der Waals surface area (Å²) in [5.41, 5.74) is 20.6. The fourth-order valence-electron chi connectivity index (χ4n) is 11.5. The van der Waals surface area contributed by atoms with Crippen molar-refractivity contribution in [3.63, 3.8) is 0 Å². The van der Waals surface area contributed by atoms with Crippen molar-refractivity contribution in [3.8, 4) is 96.3 Å². The number of hydrogen-bond acceptors (Lipinski definition) is 3. The van der Waals surface area contributed by atoms with E-state index in [1.54, 1.807) is 0 Å². The zero-order chi connectivity index (χ0) is 55.3. The lowest BCUT2D eigenvalue weighted by molar-refractivity contribution is 1.16. The zero-order valence-corrected chi connectivity index (χ0v) is 43.4. The van der Waals surface area contributed by atoms with Gasteiger partial charge in [0.15, 0.2) is 17.1 Å². The molecule has 0 bridgehead atoms. The lowest BCUT2D eigenvalue weighted by Gasteiger charge is -2.23. The van der Waals surface area contributed by atoms with Gasteiger partial charge in [-0.2, -0.15) is 15.8 Å². The Morgan fingerprint density at radius 1 is 0.333 bits per heavy atom. The van der Waals surface area contributed by atoms with E-state index in [1.165, 1.54) is 0 Å². The van der Waals surface area contributed by atoms with Gasteiger partial charge >= 0.3 is 0 Å². The summed E-state index contributed by atoms with van der Waals surface area (Å²) in [5, 5.41) is 34.8. The quantitative estimate of drug-likeness (QED) is 0.142. The maximum absolute atomic E-state index is 11.5. The van der Waals surface area contributed by atoms with E-state index in [4.69, 9.17) is 19.7 Å². The second-order valence-electron chi connectivity index (χ2n) is 19.9. The van der Waals surface area contributed by atoms with Crippen LogP contribution in [0.2, 0.25) is 0 Å². The number of benzene rings is 11. The highest BCUT2D eigenvalue weighted by atomic mass is 15.0. The van der Waals surface area contributed by atoms with Crippen molar-refractivity contribution in [3.05, 3.63) is 281 Å². The van der Waals surface area contributed by atoms with Gasteiger partial charge in [0.1, 0.15) is 0 Å². The van der Waals surface area contributed by atoms with Crippen LogP contribution in [0.25, 0.3) is 136 Å². The molecule has 8 nitrogen and oxygen atoms in total. The number of hydrogen-bond donors (Lipinski definition) is 0. The van der Waals surface area contributed by atoms with Gasteiger partial charge in [-0.3, -0.25) is 0 Å². The Balaban J connectivity index is 1.13. The normalized spacial score (nSPS) is 11.0. The highest BCUT2D eigenvalue weighted by Gasteiger charge is 2.27.